The van der Waals surface area contributed by atoms with Crippen LogP contribution >= 0.6 is 0 Å². The Morgan fingerprint density at radius 3 is 2.44 bits per heavy atom. The van der Waals surface area contributed by atoms with E-state index in [-0.39, 0.29) is 12.3 Å². The fraction of sp³-hybridized carbons (Fsp3) is 0.136. The van der Waals surface area contributed by atoms with Gasteiger partial charge in [0, 0.05) is 12.1 Å². The minimum Gasteiger partial charge on any atom is -0.355 e. The number of benzene rings is 3. The molecule has 3 aromatic rings. The Bertz CT molecular complexity index is 947. The summed E-state index contributed by atoms with van der Waals surface area (Å²) in [6, 6.07) is 23.7. The van der Waals surface area contributed by atoms with Crippen molar-refractivity contribution < 1.29 is 9.59 Å². The van der Waals surface area contributed by atoms with E-state index in [1.165, 1.54) is 0 Å². The number of carbonyl (C=O) groups excluding carboxylic acids is 2. The Balaban J connectivity index is 1.45. The van der Waals surface area contributed by atoms with Crippen molar-refractivity contribution in [3.05, 3.63) is 83.9 Å². The first-order chi connectivity index (χ1) is 13.2. The second-order valence-corrected chi connectivity index (χ2v) is 6.12. The third-order valence-electron chi connectivity index (χ3n) is 4.12. The molecule has 0 saturated heterocycles. The van der Waals surface area contributed by atoms with Crippen LogP contribution in [0.15, 0.2) is 77.9 Å². The van der Waals surface area contributed by atoms with Crippen LogP contribution in [0.3, 0.4) is 0 Å². The molecule has 136 valence electrons. The summed E-state index contributed by atoms with van der Waals surface area (Å²) in [5.41, 5.74) is 4.45. The highest BCUT2D eigenvalue weighted by molar-refractivity contribution is 6.00. The van der Waals surface area contributed by atoms with E-state index in [2.05, 4.69) is 15.8 Å². The molecule has 5 heteroatoms. The molecule has 0 aliphatic heterocycles. The summed E-state index contributed by atoms with van der Waals surface area (Å²) in [6.45, 7) is 0.495. The third kappa shape index (κ3) is 5.51. The lowest BCUT2D eigenvalue weighted by atomic mass is 10.1. The number of hydrogen-bond donors (Lipinski definition) is 2. The molecule has 0 spiro atoms. The monoisotopic (exact) mass is 359 g/mol. The van der Waals surface area contributed by atoms with Crippen molar-refractivity contribution in [2.24, 2.45) is 5.10 Å². The second kappa shape index (κ2) is 9.29. The van der Waals surface area contributed by atoms with E-state index in [0.717, 1.165) is 28.3 Å². The molecule has 3 aromatic carbocycles. The number of nitrogens with one attached hydrogen (secondary N) is 2. The predicted octanol–water partition coefficient (Wildman–Crippen LogP) is 3.04. The van der Waals surface area contributed by atoms with E-state index in [0.29, 0.717) is 6.54 Å². The Kier molecular flexibility index (Phi) is 6.30. The second-order valence-electron chi connectivity index (χ2n) is 6.12. The molecule has 0 saturated carbocycles. The predicted molar refractivity (Wildman–Crippen MR) is 107 cm³/mol. The third-order valence-corrected chi connectivity index (χ3v) is 4.12. The molecule has 0 aliphatic rings. The maximum Gasteiger partial charge on any atom is 0.249 e. The van der Waals surface area contributed by atoms with E-state index < -0.39 is 5.91 Å². The summed E-state index contributed by atoms with van der Waals surface area (Å²) in [5.74, 6) is -0.757. The van der Waals surface area contributed by atoms with Crippen molar-refractivity contribution in [1.82, 2.24) is 10.7 Å². The molecule has 3 rings (SSSR count). The van der Waals surface area contributed by atoms with Crippen LogP contribution < -0.4 is 10.7 Å². The molecule has 0 fully saturated rings. The summed E-state index contributed by atoms with van der Waals surface area (Å²) in [4.78, 5) is 23.7. The number of rotatable bonds is 7. The highest BCUT2D eigenvalue weighted by Gasteiger charge is 2.08. The number of hydrazone groups is 1. The van der Waals surface area contributed by atoms with Gasteiger partial charge in [-0.3, -0.25) is 9.59 Å². The molecule has 5 nitrogen and oxygen atoms in total. The molecule has 27 heavy (non-hydrogen) atoms. The summed E-state index contributed by atoms with van der Waals surface area (Å²) >= 11 is 0. The van der Waals surface area contributed by atoms with E-state index >= 15 is 0 Å². The van der Waals surface area contributed by atoms with E-state index in [1.54, 1.807) is 6.21 Å². The number of hydrogen-bond acceptors (Lipinski definition) is 3. The lowest BCUT2D eigenvalue weighted by Crippen LogP contribution is -2.31. The fourth-order valence-electron chi connectivity index (χ4n) is 2.78. The van der Waals surface area contributed by atoms with E-state index in [9.17, 15) is 9.59 Å². The zero-order chi connectivity index (χ0) is 18.9. The molecule has 2 amide bonds. The van der Waals surface area contributed by atoms with Crippen molar-refractivity contribution in [2.75, 3.05) is 6.54 Å². The molecular weight excluding hydrogens is 338 g/mol. The van der Waals surface area contributed by atoms with Gasteiger partial charge in [-0.05, 0) is 22.8 Å². The van der Waals surface area contributed by atoms with Gasteiger partial charge in [0.15, 0.2) is 0 Å². The van der Waals surface area contributed by atoms with Crippen LogP contribution in [0.1, 0.15) is 17.5 Å². The van der Waals surface area contributed by atoms with Crippen molar-refractivity contribution >= 4 is 28.8 Å². The van der Waals surface area contributed by atoms with Crippen LogP contribution in [0.25, 0.3) is 10.8 Å². The smallest absolute Gasteiger partial charge is 0.249 e. The SMILES string of the molecule is O=C(CC(=O)N/N=C\c1cccc2ccccc12)NCCc1ccccc1. The number of fused-ring (bicyclic) bond motifs is 1. The van der Waals surface area contributed by atoms with Crippen LogP contribution in [-0.4, -0.2) is 24.6 Å². The Morgan fingerprint density at radius 2 is 1.59 bits per heavy atom. The molecule has 0 atom stereocenters. The van der Waals surface area contributed by atoms with Crippen LogP contribution in [0.4, 0.5) is 0 Å². The molecular formula is C22H21N3O2. The lowest BCUT2D eigenvalue weighted by molar-refractivity contribution is -0.129. The lowest BCUT2D eigenvalue weighted by Gasteiger charge is -2.05. The first kappa shape index (κ1) is 18.3. The van der Waals surface area contributed by atoms with Crippen LogP contribution in [0.2, 0.25) is 0 Å². The maximum absolute atomic E-state index is 11.9. The zero-order valence-electron chi connectivity index (χ0n) is 14.9. The van der Waals surface area contributed by atoms with Crippen LogP contribution in [0.5, 0.6) is 0 Å². The summed E-state index contributed by atoms with van der Waals surface area (Å²) in [5, 5.41) is 8.87. The van der Waals surface area contributed by atoms with E-state index in [1.807, 2.05) is 72.8 Å². The van der Waals surface area contributed by atoms with Crippen LogP contribution in [-0.2, 0) is 16.0 Å². The van der Waals surface area contributed by atoms with Gasteiger partial charge in [-0.25, -0.2) is 5.43 Å². The van der Waals surface area contributed by atoms with Crippen molar-refractivity contribution in [2.45, 2.75) is 12.8 Å². The van der Waals surface area contributed by atoms with Crippen molar-refractivity contribution in [3.63, 3.8) is 0 Å². The maximum atomic E-state index is 11.9. The average molecular weight is 359 g/mol. The summed E-state index contributed by atoms with van der Waals surface area (Å²) in [6.07, 6.45) is 2.07. The van der Waals surface area contributed by atoms with Crippen molar-refractivity contribution in [3.8, 4) is 0 Å². The fourth-order valence-corrected chi connectivity index (χ4v) is 2.78. The van der Waals surface area contributed by atoms with Crippen molar-refractivity contribution in [1.29, 1.82) is 0 Å². The zero-order valence-corrected chi connectivity index (χ0v) is 14.9. The number of nitrogens with zero attached hydrogens (tertiary/aromatic N) is 1. The highest BCUT2D eigenvalue weighted by atomic mass is 16.2. The van der Waals surface area contributed by atoms with Gasteiger partial charge in [0.1, 0.15) is 6.42 Å². The molecule has 0 aromatic heterocycles. The van der Waals surface area contributed by atoms with Gasteiger partial charge in [0.25, 0.3) is 0 Å². The number of amides is 2. The normalized spacial score (nSPS) is 10.8. The average Bonchev–Trinajstić information content (AvgIpc) is 2.69. The topological polar surface area (TPSA) is 70.6 Å². The Hall–Kier alpha value is -3.47. The Morgan fingerprint density at radius 1 is 0.852 bits per heavy atom. The molecule has 0 bridgehead atoms. The van der Waals surface area contributed by atoms with Gasteiger partial charge in [-0.15, -0.1) is 0 Å². The minimum absolute atomic E-state index is 0.248. The summed E-state index contributed by atoms with van der Waals surface area (Å²) < 4.78 is 0. The van der Waals surface area contributed by atoms with Gasteiger partial charge in [-0.2, -0.15) is 5.10 Å². The molecule has 0 heterocycles. The highest BCUT2D eigenvalue weighted by Crippen LogP contribution is 2.16. The first-order valence-corrected chi connectivity index (χ1v) is 8.82. The first-order valence-electron chi connectivity index (χ1n) is 8.82. The minimum atomic E-state index is -0.441. The quantitative estimate of drug-likeness (QED) is 0.387. The van der Waals surface area contributed by atoms with Gasteiger partial charge in [0.2, 0.25) is 11.8 Å². The largest absolute Gasteiger partial charge is 0.355 e. The van der Waals surface area contributed by atoms with Gasteiger partial charge in [0.05, 0.1) is 6.21 Å². The standard InChI is InChI=1S/C22H21N3O2/c26-21(23-14-13-17-7-2-1-3-8-17)15-22(27)25-24-16-19-11-6-10-18-9-4-5-12-20(18)19/h1-12,16H,13-15H2,(H,23,26)(H,25,27)/b24-16-. The van der Waals surface area contributed by atoms with Gasteiger partial charge >= 0.3 is 0 Å². The molecule has 0 radical (unpaired) electrons. The molecule has 0 aliphatic carbocycles. The van der Waals surface area contributed by atoms with Gasteiger partial charge in [-0.1, -0.05) is 72.8 Å². The van der Waals surface area contributed by atoms with Crippen LogP contribution in [0, 0.1) is 0 Å². The summed E-state index contributed by atoms with van der Waals surface area (Å²) in [7, 11) is 0. The Labute approximate surface area is 158 Å². The van der Waals surface area contributed by atoms with Gasteiger partial charge < -0.3 is 5.32 Å². The van der Waals surface area contributed by atoms with E-state index in [4.69, 9.17) is 0 Å². The molecule has 0 unspecified atom stereocenters. The number of carbonyl (C=O) groups is 2. The molecule has 2 N–H and O–H groups in total.